The third-order valence-electron chi connectivity index (χ3n) is 3.04. The van der Waals surface area contributed by atoms with Gasteiger partial charge in [0, 0.05) is 30.5 Å². The maximum Gasteiger partial charge on any atom is 0.339 e. The number of methoxy groups -OCH3 is 1. The molecular formula is C14H18N2O3S. The summed E-state index contributed by atoms with van der Waals surface area (Å²) >= 11 is 1.85. The van der Waals surface area contributed by atoms with Crippen molar-refractivity contribution in [3.8, 4) is 0 Å². The molecule has 20 heavy (non-hydrogen) atoms. The number of carbonyl (C=O) groups is 2. The van der Waals surface area contributed by atoms with Gasteiger partial charge in [0.1, 0.15) is 0 Å². The van der Waals surface area contributed by atoms with Crippen molar-refractivity contribution >= 4 is 29.3 Å². The molecule has 0 radical (unpaired) electrons. The first kappa shape index (κ1) is 14.9. The number of thioether (sulfide) groups is 1. The first-order valence-corrected chi connectivity index (χ1v) is 7.64. The zero-order chi connectivity index (χ0) is 14.4. The van der Waals surface area contributed by atoms with Crippen LogP contribution in [-0.2, 0) is 9.53 Å². The molecular weight excluding hydrogens is 276 g/mol. The smallest absolute Gasteiger partial charge is 0.339 e. The highest BCUT2D eigenvalue weighted by molar-refractivity contribution is 7.99. The second kappa shape index (κ2) is 7.31. The molecule has 6 heteroatoms. The minimum Gasteiger partial charge on any atom is -0.465 e. The van der Waals surface area contributed by atoms with Crippen molar-refractivity contribution in [2.24, 2.45) is 0 Å². The number of benzene rings is 1. The van der Waals surface area contributed by atoms with E-state index in [0.717, 1.165) is 18.1 Å². The van der Waals surface area contributed by atoms with E-state index >= 15 is 0 Å². The number of hydrogen-bond acceptors (Lipinski definition) is 5. The fourth-order valence-corrected chi connectivity index (χ4v) is 3.01. The van der Waals surface area contributed by atoms with Gasteiger partial charge in [-0.05, 0) is 12.1 Å². The lowest BCUT2D eigenvalue weighted by atomic mass is 10.1. The van der Waals surface area contributed by atoms with Gasteiger partial charge in [-0.25, -0.2) is 4.79 Å². The van der Waals surface area contributed by atoms with Gasteiger partial charge in [0.15, 0.2) is 0 Å². The van der Waals surface area contributed by atoms with Crippen LogP contribution in [0.2, 0.25) is 0 Å². The normalized spacial score (nSPS) is 18.4. The maximum atomic E-state index is 12.0. The number of esters is 1. The number of hydrogen-bond donors (Lipinski definition) is 2. The Balaban J connectivity index is 1.98. The van der Waals surface area contributed by atoms with E-state index in [2.05, 4.69) is 10.6 Å². The van der Waals surface area contributed by atoms with E-state index in [1.54, 1.807) is 24.3 Å². The van der Waals surface area contributed by atoms with Gasteiger partial charge < -0.3 is 15.4 Å². The number of rotatable bonds is 4. The third kappa shape index (κ3) is 3.98. The van der Waals surface area contributed by atoms with Gasteiger partial charge >= 0.3 is 5.97 Å². The van der Waals surface area contributed by atoms with Crippen LogP contribution < -0.4 is 10.6 Å². The monoisotopic (exact) mass is 294 g/mol. The van der Waals surface area contributed by atoms with Crippen LogP contribution in [0.25, 0.3) is 0 Å². The van der Waals surface area contributed by atoms with Crippen LogP contribution in [0, 0.1) is 0 Å². The summed E-state index contributed by atoms with van der Waals surface area (Å²) in [5, 5.41) is 6.10. The molecule has 5 nitrogen and oxygen atoms in total. The predicted molar refractivity (Wildman–Crippen MR) is 80.1 cm³/mol. The Bertz CT molecular complexity index is 487. The molecule has 1 amide bonds. The fraction of sp³-hybridized carbons (Fsp3) is 0.429. The summed E-state index contributed by atoms with van der Waals surface area (Å²) in [6.45, 7) is 0.932. The van der Waals surface area contributed by atoms with E-state index in [9.17, 15) is 9.59 Å². The van der Waals surface area contributed by atoms with Gasteiger partial charge in [-0.1, -0.05) is 12.1 Å². The van der Waals surface area contributed by atoms with Gasteiger partial charge in [-0.3, -0.25) is 4.79 Å². The van der Waals surface area contributed by atoms with E-state index in [4.69, 9.17) is 4.74 Å². The molecule has 2 rings (SSSR count). The molecule has 1 aliphatic heterocycles. The Morgan fingerprint density at radius 1 is 1.45 bits per heavy atom. The highest BCUT2D eigenvalue weighted by Gasteiger charge is 2.18. The van der Waals surface area contributed by atoms with E-state index in [-0.39, 0.29) is 11.9 Å². The van der Waals surface area contributed by atoms with Gasteiger partial charge in [-0.2, -0.15) is 11.8 Å². The van der Waals surface area contributed by atoms with Crippen LogP contribution >= 0.6 is 11.8 Å². The number of carbonyl (C=O) groups excluding carboxylic acids is 2. The van der Waals surface area contributed by atoms with E-state index in [0.29, 0.717) is 17.7 Å². The van der Waals surface area contributed by atoms with Crippen molar-refractivity contribution in [1.29, 1.82) is 0 Å². The summed E-state index contributed by atoms with van der Waals surface area (Å²) in [5.41, 5.74) is 0.863. The van der Waals surface area contributed by atoms with Gasteiger partial charge in [0.2, 0.25) is 5.91 Å². The highest BCUT2D eigenvalue weighted by atomic mass is 32.2. The molecule has 2 N–H and O–H groups in total. The molecule has 0 saturated carbocycles. The average molecular weight is 294 g/mol. The second-order valence-electron chi connectivity index (χ2n) is 4.52. The molecule has 1 fully saturated rings. The summed E-state index contributed by atoms with van der Waals surface area (Å²) in [6.07, 6.45) is 0.405. The van der Waals surface area contributed by atoms with Crippen molar-refractivity contribution in [2.75, 3.05) is 30.5 Å². The van der Waals surface area contributed by atoms with Crippen molar-refractivity contribution in [3.05, 3.63) is 29.8 Å². The summed E-state index contributed by atoms with van der Waals surface area (Å²) in [5.74, 6) is 1.48. The Morgan fingerprint density at radius 2 is 2.25 bits per heavy atom. The van der Waals surface area contributed by atoms with Crippen LogP contribution in [0.4, 0.5) is 5.69 Å². The lowest BCUT2D eigenvalue weighted by molar-refractivity contribution is -0.116. The van der Waals surface area contributed by atoms with Crippen molar-refractivity contribution in [2.45, 2.75) is 12.5 Å². The van der Waals surface area contributed by atoms with Gasteiger partial charge in [-0.15, -0.1) is 0 Å². The molecule has 1 aliphatic rings. The lowest BCUT2D eigenvalue weighted by Gasteiger charge is -2.22. The SMILES string of the molecule is COC(=O)c1ccccc1NC(=O)CC1CSCCN1. The first-order chi connectivity index (χ1) is 9.70. The molecule has 1 saturated heterocycles. The largest absolute Gasteiger partial charge is 0.465 e. The van der Waals surface area contributed by atoms with Gasteiger partial charge in [0.25, 0.3) is 0 Å². The van der Waals surface area contributed by atoms with Crippen LogP contribution in [-0.4, -0.2) is 43.1 Å². The Morgan fingerprint density at radius 3 is 2.95 bits per heavy atom. The second-order valence-corrected chi connectivity index (χ2v) is 5.67. The third-order valence-corrected chi connectivity index (χ3v) is 4.17. The number of ether oxygens (including phenoxy) is 1. The molecule has 1 heterocycles. The molecule has 0 aromatic heterocycles. The Kier molecular flexibility index (Phi) is 5.43. The minimum atomic E-state index is -0.452. The highest BCUT2D eigenvalue weighted by Crippen LogP contribution is 2.17. The molecule has 108 valence electrons. The van der Waals surface area contributed by atoms with Crippen molar-refractivity contribution < 1.29 is 14.3 Å². The van der Waals surface area contributed by atoms with E-state index in [1.807, 2.05) is 11.8 Å². The quantitative estimate of drug-likeness (QED) is 0.824. The topological polar surface area (TPSA) is 67.4 Å². The number of para-hydroxylation sites is 1. The minimum absolute atomic E-state index is 0.0960. The van der Waals surface area contributed by atoms with Crippen molar-refractivity contribution in [1.82, 2.24) is 5.32 Å². The summed E-state index contributed by atoms with van der Waals surface area (Å²) in [6, 6.07) is 7.04. The fourth-order valence-electron chi connectivity index (χ4n) is 2.06. The average Bonchev–Trinajstić information content (AvgIpc) is 2.48. The number of anilines is 1. The zero-order valence-corrected chi connectivity index (χ0v) is 12.2. The summed E-state index contributed by atoms with van der Waals surface area (Å²) in [7, 11) is 1.32. The molecule has 0 spiro atoms. The molecule has 1 aromatic carbocycles. The molecule has 1 unspecified atom stereocenters. The lowest BCUT2D eigenvalue weighted by Crippen LogP contribution is -2.40. The van der Waals surface area contributed by atoms with E-state index in [1.165, 1.54) is 7.11 Å². The Hall–Kier alpha value is -1.53. The molecule has 1 atom stereocenters. The maximum absolute atomic E-state index is 12.0. The van der Waals surface area contributed by atoms with Crippen LogP contribution in [0.15, 0.2) is 24.3 Å². The molecule has 0 aliphatic carbocycles. The van der Waals surface area contributed by atoms with Crippen LogP contribution in [0.1, 0.15) is 16.8 Å². The number of nitrogens with one attached hydrogen (secondary N) is 2. The first-order valence-electron chi connectivity index (χ1n) is 6.49. The summed E-state index contributed by atoms with van der Waals surface area (Å²) < 4.78 is 4.70. The molecule has 1 aromatic rings. The standard InChI is InChI=1S/C14H18N2O3S/c1-19-14(18)11-4-2-3-5-12(11)16-13(17)8-10-9-20-7-6-15-10/h2-5,10,15H,6-9H2,1H3,(H,16,17). The van der Waals surface area contributed by atoms with Crippen molar-refractivity contribution in [3.63, 3.8) is 0 Å². The van der Waals surface area contributed by atoms with E-state index < -0.39 is 5.97 Å². The van der Waals surface area contributed by atoms with Crippen LogP contribution in [0.5, 0.6) is 0 Å². The zero-order valence-electron chi connectivity index (χ0n) is 11.3. The number of amides is 1. The predicted octanol–water partition coefficient (Wildman–Crippen LogP) is 1.51. The Labute approximate surface area is 122 Å². The summed E-state index contributed by atoms with van der Waals surface area (Å²) in [4.78, 5) is 23.6. The van der Waals surface area contributed by atoms with Crippen LogP contribution in [0.3, 0.4) is 0 Å². The van der Waals surface area contributed by atoms with Gasteiger partial charge in [0.05, 0.1) is 18.4 Å². The molecule has 0 bridgehead atoms.